The predicted molar refractivity (Wildman–Crippen MR) is 114 cm³/mol. The summed E-state index contributed by atoms with van der Waals surface area (Å²) in [5.41, 5.74) is 4.47. The van der Waals surface area contributed by atoms with Gasteiger partial charge in [-0.3, -0.25) is 0 Å². The van der Waals surface area contributed by atoms with Gasteiger partial charge in [-0.1, -0.05) is 12.1 Å². The quantitative estimate of drug-likeness (QED) is 0.300. The van der Waals surface area contributed by atoms with Gasteiger partial charge in [0.15, 0.2) is 5.69 Å². The maximum Gasteiger partial charge on any atom is 0.357 e. The molecule has 4 rings (SSSR count). The van der Waals surface area contributed by atoms with Crippen LogP contribution in [0.25, 0.3) is 21.6 Å². The topological polar surface area (TPSA) is 67.0 Å². The largest absolute Gasteiger partial charge is 0.461 e. The van der Waals surface area contributed by atoms with Crippen LogP contribution in [-0.2, 0) is 4.74 Å². The Morgan fingerprint density at radius 2 is 2.22 bits per heavy atom. The number of esters is 1. The smallest absolute Gasteiger partial charge is 0.357 e. The van der Waals surface area contributed by atoms with Crippen molar-refractivity contribution in [3.05, 3.63) is 52.3 Å². The highest BCUT2D eigenvalue weighted by molar-refractivity contribution is 8.02. The van der Waals surface area contributed by atoms with E-state index in [1.807, 2.05) is 6.07 Å². The van der Waals surface area contributed by atoms with Gasteiger partial charge in [-0.15, -0.1) is 22.7 Å². The molecule has 4 aromatic rings. The summed E-state index contributed by atoms with van der Waals surface area (Å²) in [6.45, 7) is 4.21. The minimum atomic E-state index is -0.387. The number of anilines is 1. The number of aromatic amines is 1. The van der Waals surface area contributed by atoms with Crippen LogP contribution in [0.3, 0.4) is 0 Å². The van der Waals surface area contributed by atoms with Crippen LogP contribution in [0, 0.1) is 6.92 Å². The molecule has 0 spiro atoms. The van der Waals surface area contributed by atoms with Crippen molar-refractivity contribution in [2.24, 2.45) is 0 Å². The molecule has 8 heteroatoms. The molecule has 0 saturated heterocycles. The van der Waals surface area contributed by atoms with Crippen LogP contribution in [0.5, 0.6) is 0 Å². The van der Waals surface area contributed by atoms with Crippen LogP contribution in [0.15, 0.2) is 45.3 Å². The van der Waals surface area contributed by atoms with E-state index in [-0.39, 0.29) is 5.97 Å². The van der Waals surface area contributed by atoms with Crippen molar-refractivity contribution in [1.82, 2.24) is 9.97 Å². The third-order valence-electron chi connectivity index (χ3n) is 3.99. The lowest BCUT2D eigenvalue weighted by molar-refractivity contribution is 0.0520. The minimum Gasteiger partial charge on any atom is -0.461 e. The van der Waals surface area contributed by atoms with Gasteiger partial charge in [0.2, 0.25) is 0 Å². The molecule has 27 heavy (non-hydrogen) atoms. The maximum atomic E-state index is 11.9. The number of fused-ring (bicyclic) bond motifs is 1. The molecule has 1 aromatic carbocycles. The van der Waals surface area contributed by atoms with Gasteiger partial charge in [0, 0.05) is 10.8 Å². The van der Waals surface area contributed by atoms with Gasteiger partial charge in [-0.05, 0) is 54.9 Å². The fourth-order valence-electron chi connectivity index (χ4n) is 2.68. The molecular formula is C19H17N3O2S3. The van der Waals surface area contributed by atoms with E-state index in [1.165, 1.54) is 21.1 Å². The second-order valence-corrected chi connectivity index (χ2v) is 8.71. The number of thiophene rings is 1. The van der Waals surface area contributed by atoms with Crippen molar-refractivity contribution in [3.8, 4) is 10.7 Å². The number of carbonyl (C=O) groups excluding carboxylic acids is 1. The second-order valence-electron chi connectivity index (χ2n) is 5.80. The van der Waals surface area contributed by atoms with Gasteiger partial charge in [0.05, 0.1) is 27.7 Å². The third-order valence-corrected chi connectivity index (χ3v) is 6.72. The van der Waals surface area contributed by atoms with Crippen LogP contribution in [0.4, 0.5) is 5.69 Å². The molecule has 0 radical (unpaired) electrons. The Balaban J connectivity index is 1.66. The van der Waals surface area contributed by atoms with Crippen LogP contribution >= 0.6 is 34.6 Å². The average molecular weight is 416 g/mol. The second kappa shape index (κ2) is 7.75. The fourth-order valence-corrected chi connectivity index (χ4v) is 4.90. The first-order chi connectivity index (χ1) is 13.2. The van der Waals surface area contributed by atoms with Crippen LogP contribution in [0.1, 0.15) is 23.0 Å². The molecule has 138 valence electrons. The van der Waals surface area contributed by atoms with Gasteiger partial charge in [-0.2, -0.15) is 0 Å². The number of nitrogens with one attached hydrogen (secondary N) is 2. The zero-order valence-electron chi connectivity index (χ0n) is 14.7. The van der Waals surface area contributed by atoms with Gasteiger partial charge in [-0.25, -0.2) is 9.78 Å². The van der Waals surface area contributed by atoms with Crippen molar-refractivity contribution in [2.45, 2.75) is 18.1 Å². The van der Waals surface area contributed by atoms with E-state index in [0.29, 0.717) is 12.3 Å². The highest BCUT2D eigenvalue weighted by Crippen LogP contribution is 2.35. The van der Waals surface area contributed by atoms with Crippen molar-refractivity contribution >= 4 is 57.2 Å². The number of ether oxygens (including phenoxy) is 1. The summed E-state index contributed by atoms with van der Waals surface area (Å²) in [6.07, 6.45) is 0. The Hall–Kier alpha value is -2.29. The molecular weight excluding hydrogens is 398 g/mol. The summed E-state index contributed by atoms with van der Waals surface area (Å²) in [6, 6.07) is 10.4. The molecule has 2 N–H and O–H groups in total. The monoisotopic (exact) mass is 415 g/mol. The third kappa shape index (κ3) is 3.73. The van der Waals surface area contributed by atoms with E-state index in [1.54, 1.807) is 35.6 Å². The van der Waals surface area contributed by atoms with Crippen LogP contribution < -0.4 is 4.72 Å². The van der Waals surface area contributed by atoms with E-state index in [9.17, 15) is 4.79 Å². The molecule has 3 aromatic heterocycles. The highest BCUT2D eigenvalue weighted by Gasteiger charge is 2.16. The molecule has 0 atom stereocenters. The number of hydrogen-bond donors (Lipinski definition) is 2. The van der Waals surface area contributed by atoms with Crippen LogP contribution in [0.2, 0.25) is 0 Å². The number of benzene rings is 1. The number of aromatic nitrogens is 2. The summed E-state index contributed by atoms with van der Waals surface area (Å²) in [4.78, 5) is 19.8. The number of thiazole rings is 1. The first kappa shape index (κ1) is 18.1. The standard InChI is InChI=1S/C19H17N3O2S3/c1-3-24-19(23)15-10-26-18(21-15)14-9-12-11(2)6-7-13(17(12)20-14)22-27-16-5-4-8-25-16/h4-10,20,22H,3H2,1-2H3. The SMILES string of the molecule is CCOC(=O)c1csc(-c2cc3c(C)ccc(NSc4cccs4)c3[nH]2)n1. The van der Waals surface area contributed by atoms with Gasteiger partial charge in [0.25, 0.3) is 0 Å². The molecule has 0 unspecified atom stereocenters. The normalized spacial score (nSPS) is 11.0. The summed E-state index contributed by atoms with van der Waals surface area (Å²) >= 11 is 4.72. The Morgan fingerprint density at radius 1 is 1.33 bits per heavy atom. The molecule has 5 nitrogen and oxygen atoms in total. The molecule has 0 aliphatic rings. The zero-order chi connectivity index (χ0) is 18.8. The van der Waals surface area contributed by atoms with Crippen molar-refractivity contribution in [1.29, 1.82) is 0 Å². The first-order valence-electron chi connectivity index (χ1n) is 8.37. The molecule has 0 fully saturated rings. The summed E-state index contributed by atoms with van der Waals surface area (Å²) in [5.74, 6) is -0.387. The minimum absolute atomic E-state index is 0.341. The zero-order valence-corrected chi connectivity index (χ0v) is 17.2. The van der Waals surface area contributed by atoms with E-state index < -0.39 is 0 Å². The number of aryl methyl sites for hydroxylation is 1. The summed E-state index contributed by atoms with van der Waals surface area (Å²) < 4.78 is 9.66. The molecule has 0 bridgehead atoms. The number of carbonyl (C=O) groups is 1. The average Bonchev–Trinajstić information content (AvgIpc) is 3.40. The molecule has 0 saturated carbocycles. The molecule has 3 heterocycles. The van der Waals surface area contributed by atoms with E-state index in [0.717, 1.165) is 27.3 Å². The number of hydrogen-bond acceptors (Lipinski definition) is 7. The highest BCUT2D eigenvalue weighted by atomic mass is 32.2. The lowest BCUT2D eigenvalue weighted by atomic mass is 10.1. The number of H-pyrrole nitrogens is 1. The Labute approximate surface area is 168 Å². The number of nitrogens with zero attached hydrogens (tertiary/aromatic N) is 1. The predicted octanol–water partition coefficient (Wildman–Crippen LogP) is 5.96. The maximum absolute atomic E-state index is 11.9. The van der Waals surface area contributed by atoms with Crippen molar-refractivity contribution in [2.75, 3.05) is 11.3 Å². The van der Waals surface area contributed by atoms with Gasteiger partial charge < -0.3 is 14.4 Å². The number of rotatable bonds is 6. The van der Waals surface area contributed by atoms with Crippen molar-refractivity contribution < 1.29 is 9.53 Å². The van der Waals surface area contributed by atoms with E-state index >= 15 is 0 Å². The van der Waals surface area contributed by atoms with E-state index in [2.05, 4.69) is 51.3 Å². The summed E-state index contributed by atoms with van der Waals surface area (Å²) in [7, 11) is 0. The lowest BCUT2D eigenvalue weighted by Gasteiger charge is -2.06. The first-order valence-corrected chi connectivity index (χ1v) is 10.9. The lowest BCUT2D eigenvalue weighted by Crippen LogP contribution is -2.04. The molecule has 0 amide bonds. The Morgan fingerprint density at radius 3 is 3.00 bits per heavy atom. The molecule has 0 aliphatic carbocycles. The Kier molecular flexibility index (Phi) is 5.20. The van der Waals surface area contributed by atoms with E-state index in [4.69, 9.17) is 4.74 Å². The summed E-state index contributed by atoms with van der Waals surface area (Å²) in [5, 5.41) is 5.70. The van der Waals surface area contributed by atoms with Crippen LogP contribution in [-0.4, -0.2) is 22.5 Å². The van der Waals surface area contributed by atoms with Crippen molar-refractivity contribution in [3.63, 3.8) is 0 Å². The Bertz CT molecular complexity index is 1080. The molecule has 0 aliphatic heterocycles. The van der Waals surface area contributed by atoms with Gasteiger partial charge in [0.1, 0.15) is 5.01 Å². The van der Waals surface area contributed by atoms with Gasteiger partial charge >= 0.3 is 5.97 Å². The fraction of sp³-hybridized carbons (Fsp3) is 0.158.